The molecule has 0 spiro atoms. The van der Waals surface area contributed by atoms with Crippen LogP contribution < -0.4 is 24.6 Å². The van der Waals surface area contributed by atoms with Crippen molar-refractivity contribution in [2.75, 3.05) is 24.4 Å². The van der Waals surface area contributed by atoms with Gasteiger partial charge in [-0.05, 0) is 55.0 Å². The van der Waals surface area contributed by atoms with Crippen molar-refractivity contribution in [3.8, 4) is 11.5 Å². The largest absolute Gasteiger partial charge is 0.493 e. The smallest absolute Gasteiger partial charge is 0.416 e. The van der Waals surface area contributed by atoms with Crippen LogP contribution in [0.3, 0.4) is 0 Å². The summed E-state index contributed by atoms with van der Waals surface area (Å²) in [5, 5.41) is 2.01. The van der Waals surface area contributed by atoms with E-state index in [1.54, 1.807) is 30.3 Å². The maximum Gasteiger partial charge on any atom is 0.416 e. The van der Waals surface area contributed by atoms with Crippen LogP contribution in [0.1, 0.15) is 27.5 Å². The van der Waals surface area contributed by atoms with Gasteiger partial charge in [0.2, 0.25) is 17.7 Å². The molecule has 0 saturated carbocycles. The zero-order valence-corrected chi connectivity index (χ0v) is 26.2. The Balaban J connectivity index is 1.44. The summed E-state index contributed by atoms with van der Waals surface area (Å²) in [5.74, 6) is -3.06. The minimum absolute atomic E-state index is 0.205. The van der Waals surface area contributed by atoms with Crippen molar-refractivity contribution in [1.29, 1.82) is 0 Å². The summed E-state index contributed by atoms with van der Waals surface area (Å²) in [6.07, 6.45) is -4.69. The predicted octanol–water partition coefficient (Wildman–Crippen LogP) is 5.69. The molecule has 9 nitrogen and oxygen atoms in total. The molecule has 6 rings (SSSR count). The molecule has 2 aliphatic heterocycles. The van der Waals surface area contributed by atoms with Crippen LogP contribution in [0, 0.1) is 12.8 Å². The van der Waals surface area contributed by atoms with E-state index in [9.17, 15) is 32.3 Å². The Hall–Kier alpha value is -4.56. The minimum atomic E-state index is -4.69. The number of methoxy groups -OCH3 is 2. The van der Waals surface area contributed by atoms with E-state index >= 15 is 0 Å². The summed E-state index contributed by atoms with van der Waals surface area (Å²) < 4.78 is 52.8. The summed E-state index contributed by atoms with van der Waals surface area (Å²) >= 11 is 1.82. The highest BCUT2D eigenvalue weighted by Gasteiger charge is 2.57. The zero-order valence-electron chi connectivity index (χ0n) is 24.6. The first-order valence-corrected chi connectivity index (χ1v) is 15.6. The van der Waals surface area contributed by atoms with Crippen LogP contribution in [0.5, 0.6) is 11.5 Å². The average molecular weight is 670 g/mol. The van der Waals surface area contributed by atoms with E-state index < -0.39 is 51.4 Å². The van der Waals surface area contributed by atoms with Crippen molar-refractivity contribution in [2.45, 2.75) is 35.8 Å². The van der Waals surface area contributed by atoms with Crippen LogP contribution >= 0.6 is 23.1 Å². The third kappa shape index (κ3) is 5.55. The van der Waals surface area contributed by atoms with Crippen molar-refractivity contribution in [1.82, 2.24) is 4.57 Å². The number of carbonyl (C=O) groups excluding carboxylic acids is 3. The fourth-order valence-corrected chi connectivity index (χ4v) is 8.49. The Labute approximate surface area is 268 Å². The summed E-state index contributed by atoms with van der Waals surface area (Å²) in [6.45, 7) is 1.55. The second kappa shape index (κ2) is 12.0. The van der Waals surface area contributed by atoms with E-state index in [0.29, 0.717) is 32.7 Å². The molecule has 3 atom stereocenters. The van der Waals surface area contributed by atoms with E-state index in [1.807, 2.05) is 19.1 Å². The summed E-state index contributed by atoms with van der Waals surface area (Å²) in [7, 11) is 2.90. The third-order valence-corrected chi connectivity index (χ3v) is 10.5. The summed E-state index contributed by atoms with van der Waals surface area (Å²) in [5.41, 5.74) is 0.861. The van der Waals surface area contributed by atoms with Gasteiger partial charge >= 0.3 is 11.0 Å². The Bertz CT molecular complexity index is 1920. The van der Waals surface area contributed by atoms with Gasteiger partial charge in [-0.1, -0.05) is 52.9 Å². The van der Waals surface area contributed by atoms with E-state index in [-0.39, 0.29) is 12.2 Å². The van der Waals surface area contributed by atoms with Crippen molar-refractivity contribution >= 4 is 52.2 Å². The van der Waals surface area contributed by atoms with Gasteiger partial charge in [-0.25, -0.2) is 4.90 Å². The highest BCUT2D eigenvalue weighted by atomic mass is 32.2. The molecule has 0 bridgehead atoms. The molecule has 1 N–H and O–H groups in total. The van der Waals surface area contributed by atoms with E-state index in [2.05, 4.69) is 5.32 Å². The normalized spacial score (nSPS) is 19.1. The van der Waals surface area contributed by atoms with E-state index in [4.69, 9.17) is 9.47 Å². The molecular weight excluding hydrogens is 643 g/mol. The molecule has 3 amide bonds. The third-order valence-electron chi connectivity index (χ3n) is 7.88. The molecule has 3 aromatic carbocycles. The first-order valence-electron chi connectivity index (χ1n) is 13.9. The monoisotopic (exact) mass is 669 g/mol. The number of hydrogen-bond donors (Lipinski definition) is 1. The molecule has 238 valence electrons. The second-order valence-electron chi connectivity index (χ2n) is 10.8. The number of thiazole rings is 1. The van der Waals surface area contributed by atoms with Gasteiger partial charge in [0.1, 0.15) is 11.8 Å². The lowest BCUT2D eigenvalue weighted by molar-refractivity contribution is -0.137. The quantitative estimate of drug-likeness (QED) is 0.252. The van der Waals surface area contributed by atoms with Gasteiger partial charge in [-0.15, -0.1) is 0 Å². The second-order valence-corrected chi connectivity index (χ2v) is 12.9. The molecule has 1 saturated heterocycles. The number of aromatic nitrogens is 1. The predicted molar refractivity (Wildman–Crippen MR) is 167 cm³/mol. The van der Waals surface area contributed by atoms with Crippen molar-refractivity contribution in [3.05, 3.63) is 98.0 Å². The molecule has 0 unspecified atom stereocenters. The first-order chi connectivity index (χ1) is 21.9. The van der Waals surface area contributed by atoms with Crippen LogP contribution in [0.25, 0.3) is 0 Å². The standard InChI is InChI=1S/C32H26F3N3O6S2/c1-16-7-10-19(11-8-16)36-23(39)15-37-30-27(46-31(37)42)24(17-9-12-21(43-2)22(13-17)44-3)25-26(45-30)29(41)38(28(25)40)20-6-4-5-18(14-20)32(33,34)35/h4-14,24-26H,15H2,1-3H3,(H,36,39)/t24-,25-,26+/m0/s1. The van der Waals surface area contributed by atoms with Gasteiger partial charge in [0.05, 0.1) is 36.4 Å². The van der Waals surface area contributed by atoms with Gasteiger partial charge in [0, 0.05) is 16.5 Å². The number of rotatable bonds is 7. The molecule has 0 radical (unpaired) electrons. The molecule has 0 aliphatic carbocycles. The number of aryl methyl sites for hydroxylation is 1. The molecular formula is C32H26F3N3O6S2. The van der Waals surface area contributed by atoms with Gasteiger partial charge in [-0.2, -0.15) is 13.2 Å². The zero-order chi connectivity index (χ0) is 32.9. The number of thioether (sulfide) groups is 1. The number of benzene rings is 3. The fourth-order valence-electron chi connectivity index (χ4n) is 5.72. The number of amides is 3. The van der Waals surface area contributed by atoms with Crippen molar-refractivity contribution in [3.63, 3.8) is 0 Å². The lowest BCUT2D eigenvalue weighted by Gasteiger charge is -2.31. The number of nitrogens with one attached hydrogen (secondary N) is 1. The molecule has 4 aromatic rings. The van der Waals surface area contributed by atoms with Crippen LogP contribution in [0.2, 0.25) is 0 Å². The van der Waals surface area contributed by atoms with Crippen LogP contribution in [-0.2, 0) is 27.1 Å². The van der Waals surface area contributed by atoms with Crippen molar-refractivity contribution < 1.29 is 37.0 Å². The van der Waals surface area contributed by atoms with Gasteiger partial charge in [-0.3, -0.25) is 23.7 Å². The molecule has 2 aliphatic rings. The van der Waals surface area contributed by atoms with Crippen LogP contribution in [0.15, 0.2) is 76.6 Å². The van der Waals surface area contributed by atoms with Crippen molar-refractivity contribution in [2.24, 2.45) is 5.92 Å². The number of halogens is 3. The number of nitrogens with zero attached hydrogens (tertiary/aromatic N) is 2. The molecule has 3 heterocycles. The Kier molecular flexibility index (Phi) is 8.19. The highest BCUT2D eigenvalue weighted by molar-refractivity contribution is 8.00. The summed E-state index contributed by atoms with van der Waals surface area (Å²) in [6, 6.07) is 16.1. The minimum Gasteiger partial charge on any atom is -0.493 e. The van der Waals surface area contributed by atoms with Gasteiger partial charge in [0.25, 0.3) is 0 Å². The number of hydrogen-bond acceptors (Lipinski definition) is 8. The Morgan fingerprint density at radius 3 is 2.33 bits per heavy atom. The molecule has 1 aromatic heterocycles. The Morgan fingerprint density at radius 2 is 1.65 bits per heavy atom. The lowest BCUT2D eigenvalue weighted by Crippen LogP contribution is -2.33. The number of imide groups is 1. The topological polar surface area (TPSA) is 107 Å². The van der Waals surface area contributed by atoms with E-state index in [0.717, 1.165) is 51.8 Å². The molecule has 14 heteroatoms. The Morgan fingerprint density at radius 1 is 0.935 bits per heavy atom. The number of ether oxygens (including phenoxy) is 2. The van der Waals surface area contributed by atoms with Crippen LogP contribution in [-0.4, -0.2) is 41.8 Å². The lowest BCUT2D eigenvalue weighted by atomic mass is 9.83. The van der Waals surface area contributed by atoms with E-state index in [1.165, 1.54) is 24.9 Å². The maximum atomic E-state index is 14.1. The highest BCUT2D eigenvalue weighted by Crippen LogP contribution is 2.54. The first kappa shape index (κ1) is 31.4. The molecule has 1 fully saturated rings. The number of carbonyl (C=O) groups is 3. The number of fused-ring (bicyclic) bond motifs is 2. The number of anilines is 2. The fraction of sp³-hybridized carbons (Fsp3) is 0.250. The maximum absolute atomic E-state index is 14.1. The summed E-state index contributed by atoms with van der Waals surface area (Å²) in [4.78, 5) is 55.3. The SMILES string of the molecule is COc1ccc([C@@H]2c3sc(=O)n(CC(=O)Nc4ccc(C)cc4)c3S[C@H]3C(=O)N(c4cccc(C(F)(F)F)c4)C(=O)[C@@H]23)cc1OC. The number of alkyl halides is 3. The van der Waals surface area contributed by atoms with Gasteiger partial charge in [0.15, 0.2) is 11.5 Å². The average Bonchev–Trinajstić information content (AvgIpc) is 3.47. The van der Waals surface area contributed by atoms with Gasteiger partial charge < -0.3 is 14.8 Å². The van der Waals surface area contributed by atoms with Crippen LogP contribution in [0.4, 0.5) is 24.5 Å². The molecule has 46 heavy (non-hydrogen) atoms.